The van der Waals surface area contributed by atoms with E-state index in [1.54, 1.807) is 0 Å². The third-order valence-corrected chi connectivity index (χ3v) is 4.68. The second-order valence-corrected chi connectivity index (χ2v) is 7.20. The van der Waals surface area contributed by atoms with E-state index < -0.39 is 0 Å². The van der Waals surface area contributed by atoms with E-state index >= 15 is 0 Å². The van der Waals surface area contributed by atoms with Gasteiger partial charge in [0.15, 0.2) is 0 Å². The molecule has 24 heavy (non-hydrogen) atoms. The molecular weight excluding hydrogens is 300 g/mol. The molecule has 0 radical (unpaired) electrons. The van der Waals surface area contributed by atoms with Crippen LogP contribution in [0.25, 0.3) is 0 Å². The van der Waals surface area contributed by atoms with Crippen molar-refractivity contribution < 1.29 is 14.3 Å². The first-order valence-electron chi connectivity index (χ1n) is 9.53. The highest BCUT2D eigenvalue weighted by Crippen LogP contribution is 2.26. The summed E-state index contributed by atoms with van der Waals surface area (Å²) >= 11 is 0. The van der Waals surface area contributed by atoms with Crippen molar-refractivity contribution in [2.24, 2.45) is 0 Å². The molecule has 0 spiro atoms. The maximum Gasteiger partial charge on any atom is 0.338 e. The summed E-state index contributed by atoms with van der Waals surface area (Å²) in [6.45, 7) is 5.24. The topological polar surface area (TPSA) is 38.8 Å². The molecule has 134 valence electrons. The van der Waals surface area contributed by atoms with Gasteiger partial charge in [0.2, 0.25) is 0 Å². The van der Waals surface area contributed by atoms with Crippen LogP contribution in [0.15, 0.2) is 24.3 Å². The average Bonchev–Trinajstić information content (AvgIpc) is 3.33. The molecule has 0 amide bonds. The number of esters is 1. The number of rotatable bonds is 12. The van der Waals surface area contributed by atoms with Gasteiger partial charge in [-0.05, 0) is 31.4 Å². The van der Waals surface area contributed by atoms with Gasteiger partial charge in [0.05, 0.1) is 12.2 Å². The Balaban J connectivity index is 1.69. The van der Waals surface area contributed by atoms with Crippen LogP contribution in [-0.4, -0.2) is 24.8 Å². The average molecular weight is 332 g/mol. The molecule has 0 aromatic heterocycles. The van der Waals surface area contributed by atoms with Gasteiger partial charge in [0.25, 0.3) is 0 Å². The van der Waals surface area contributed by atoms with E-state index in [-0.39, 0.29) is 11.6 Å². The van der Waals surface area contributed by atoms with Crippen molar-refractivity contribution in [1.82, 2.24) is 0 Å². The Bertz CT molecular complexity index is 506. The zero-order valence-electron chi connectivity index (χ0n) is 15.3. The minimum Gasteiger partial charge on any atom is -0.459 e. The molecule has 0 saturated carbocycles. The molecule has 1 aromatic rings. The van der Waals surface area contributed by atoms with Gasteiger partial charge >= 0.3 is 5.97 Å². The van der Waals surface area contributed by atoms with Gasteiger partial charge in [0, 0.05) is 0 Å². The number of carbonyl (C=O) groups excluding carboxylic acids is 1. The van der Waals surface area contributed by atoms with Crippen LogP contribution in [0, 0.1) is 0 Å². The highest BCUT2D eigenvalue weighted by atomic mass is 16.6. The molecule has 1 heterocycles. The monoisotopic (exact) mass is 332 g/mol. The summed E-state index contributed by atoms with van der Waals surface area (Å²) in [6, 6.07) is 7.83. The lowest BCUT2D eigenvalue weighted by molar-refractivity contribution is 0.0409. The fourth-order valence-electron chi connectivity index (χ4n) is 2.89. The third kappa shape index (κ3) is 6.64. The van der Waals surface area contributed by atoms with Gasteiger partial charge in [-0.1, -0.05) is 70.1 Å². The van der Waals surface area contributed by atoms with Crippen LogP contribution in [0.4, 0.5) is 0 Å². The zero-order valence-corrected chi connectivity index (χ0v) is 15.3. The number of carbonyl (C=O) groups is 1. The van der Waals surface area contributed by atoms with Crippen molar-refractivity contribution in [3.05, 3.63) is 35.4 Å². The first-order chi connectivity index (χ1) is 11.6. The van der Waals surface area contributed by atoms with Gasteiger partial charge < -0.3 is 9.47 Å². The molecule has 3 nitrogen and oxygen atoms in total. The number of epoxide rings is 1. The van der Waals surface area contributed by atoms with Crippen LogP contribution in [0.1, 0.15) is 81.1 Å². The van der Waals surface area contributed by atoms with E-state index in [4.69, 9.17) is 9.47 Å². The van der Waals surface area contributed by atoms with E-state index in [2.05, 4.69) is 6.92 Å². The van der Waals surface area contributed by atoms with Crippen LogP contribution in [-0.2, 0) is 15.9 Å². The third-order valence-electron chi connectivity index (χ3n) is 4.68. The Labute approximate surface area is 146 Å². The summed E-state index contributed by atoms with van der Waals surface area (Å²) in [5.74, 6) is -0.220. The van der Waals surface area contributed by atoms with Crippen LogP contribution in [0.3, 0.4) is 0 Å². The molecule has 0 bridgehead atoms. The summed E-state index contributed by atoms with van der Waals surface area (Å²) < 4.78 is 10.7. The van der Waals surface area contributed by atoms with Crippen molar-refractivity contribution in [2.45, 2.75) is 77.2 Å². The predicted octanol–water partition coefficient (Wildman–Crippen LogP) is 5.32. The molecular formula is C21H32O3. The quantitative estimate of drug-likeness (QED) is 0.295. The van der Waals surface area contributed by atoms with Crippen molar-refractivity contribution in [3.63, 3.8) is 0 Å². The first kappa shape index (κ1) is 19.0. The van der Waals surface area contributed by atoms with Crippen molar-refractivity contribution in [1.29, 1.82) is 0 Å². The largest absolute Gasteiger partial charge is 0.459 e. The molecule has 1 aliphatic heterocycles. The molecule has 2 rings (SSSR count). The van der Waals surface area contributed by atoms with E-state index in [1.807, 2.05) is 31.2 Å². The number of hydrogen-bond donors (Lipinski definition) is 0. The lowest BCUT2D eigenvalue weighted by Crippen LogP contribution is -2.19. The molecule has 0 N–H and O–H groups in total. The van der Waals surface area contributed by atoms with Gasteiger partial charge in [-0.15, -0.1) is 0 Å². The standard InChI is InChI=1S/C21H32O3/c1-3-4-5-6-7-8-9-10-13-18-14-11-12-15-19(18)20(22)23-16-21(2)17-24-21/h11-12,14-15H,3-10,13,16-17H2,1-2H3. The van der Waals surface area contributed by atoms with Crippen LogP contribution >= 0.6 is 0 Å². The van der Waals surface area contributed by atoms with Crippen LogP contribution < -0.4 is 0 Å². The van der Waals surface area contributed by atoms with Gasteiger partial charge in [-0.25, -0.2) is 4.79 Å². The maximum atomic E-state index is 12.3. The van der Waals surface area contributed by atoms with Crippen molar-refractivity contribution in [2.75, 3.05) is 13.2 Å². The van der Waals surface area contributed by atoms with Gasteiger partial charge in [-0.2, -0.15) is 0 Å². The second-order valence-electron chi connectivity index (χ2n) is 7.20. The number of benzene rings is 1. The molecule has 1 fully saturated rings. The maximum absolute atomic E-state index is 12.3. The summed E-state index contributed by atoms with van der Waals surface area (Å²) in [6.07, 6.45) is 11.4. The molecule has 1 aromatic carbocycles. The summed E-state index contributed by atoms with van der Waals surface area (Å²) in [5.41, 5.74) is 1.57. The zero-order chi connectivity index (χ0) is 17.3. The van der Waals surface area contributed by atoms with E-state index in [1.165, 1.54) is 44.9 Å². The summed E-state index contributed by atoms with van der Waals surface area (Å²) in [4.78, 5) is 12.3. The van der Waals surface area contributed by atoms with E-state index in [0.717, 1.165) is 18.4 Å². The Morgan fingerprint density at radius 3 is 2.38 bits per heavy atom. The van der Waals surface area contributed by atoms with Crippen molar-refractivity contribution >= 4 is 5.97 Å². The Morgan fingerprint density at radius 2 is 1.71 bits per heavy atom. The van der Waals surface area contributed by atoms with Crippen molar-refractivity contribution in [3.8, 4) is 0 Å². The number of hydrogen-bond acceptors (Lipinski definition) is 3. The summed E-state index contributed by atoms with van der Waals surface area (Å²) in [7, 11) is 0. The fourth-order valence-corrected chi connectivity index (χ4v) is 2.89. The molecule has 1 atom stereocenters. The molecule has 3 heteroatoms. The minimum atomic E-state index is -0.248. The highest BCUT2D eigenvalue weighted by Gasteiger charge is 2.40. The lowest BCUT2D eigenvalue weighted by atomic mass is 10.00. The van der Waals surface area contributed by atoms with Crippen LogP contribution in [0.2, 0.25) is 0 Å². The smallest absolute Gasteiger partial charge is 0.338 e. The normalized spacial score (nSPS) is 19.2. The van der Waals surface area contributed by atoms with E-state index in [0.29, 0.717) is 18.8 Å². The lowest BCUT2D eigenvalue weighted by Gasteiger charge is -2.11. The van der Waals surface area contributed by atoms with Gasteiger partial charge in [-0.3, -0.25) is 0 Å². The SMILES string of the molecule is CCCCCCCCCCc1ccccc1C(=O)OCC1(C)CO1. The number of aryl methyl sites for hydroxylation is 1. The van der Waals surface area contributed by atoms with Gasteiger partial charge in [0.1, 0.15) is 12.2 Å². The molecule has 0 aliphatic carbocycles. The van der Waals surface area contributed by atoms with E-state index in [9.17, 15) is 4.79 Å². The minimum absolute atomic E-state index is 0.220. The Morgan fingerprint density at radius 1 is 1.08 bits per heavy atom. The summed E-state index contributed by atoms with van der Waals surface area (Å²) in [5, 5.41) is 0. The second kappa shape index (κ2) is 9.83. The fraction of sp³-hybridized carbons (Fsp3) is 0.667. The predicted molar refractivity (Wildman–Crippen MR) is 97.4 cm³/mol. The first-order valence-corrected chi connectivity index (χ1v) is 9.53. The number of ether oxygens (including phenoxy) is 2. The molecule has 1 saturated heterocycles. The Hall–Kier alpha value is -1.35. The highest BCUT2D eigenvalue weighted by molar-refractivity contribution is 5.91. The Kier molecular flexibility index (Phi) is 7.77. The number of unbranched alkanes of at least 4 members (excludes halogenated alkanes) is 7. The molecule has 1 unspecified atom stereocenters. The molecule has 1 aliphatic rings. The van der Waals surface area contributed by atoms with Crippen LogP contribution in [0.5, 0.6) is 0 Å².